The van der Waals surface area contributed by atoms with Gasteiger partial charge in [-0.15, -0.1) is 0 Å². The lowest BCUT2D eigenvalue weighted by atomic mass is 9.94. The van der Waals surface area contributed by atoms with E-state index >= 15 is 0 Å². The van der Waals surface area contributed by atoms with Crippen LogP contribution >= 0.6 is 0 Å². The Morgan fingerprint density at radius 1 is 0.975 bits per heavy atom. The highest BCUT2D eigenvalue weighted by molar-refractivity contribution is 6.46. The number of nitrogens with zero attached hydrogens (tertiary/aromatic N) is 2. The maximum Gasteiger partial charge on any atom is 0.295 e. The highest BCUT2D eigenvalue weighted by Crippen LogP contribution is 2.45. The molecule has 2 aromatic carbocycles. The van der Waals surface area contributed by atoms with Gasteiger partial charge in [0.2, 0.25) is 5.75 Å². The molecule has 40 heavy (non-hydrogen) atoms. The van der Waals surface area contributed by atoms with Crippen LogP contribution in [0.1, 0.15) is 50.4 Å². The monoisotopic (exact) mass is 554 g/mol. The number of benzene rings is 2. The normalized spacial score (nSPS) is 16.6. The number of carbonyl (C=O) groups excluding carboxylic acids is 2. The van der Waals surface area contributed by atoms with Crippen LogP contribution in [0.3, 0.4) is 0 Å². The molecule has 1 heterocycles. The summed E-state index contributed by atoms with van der Waals surface area (Å²) < 4.78 is 22.5. The Labute approximate surface area is 237 Å². The van der Waals surface area contributed by atoms with E-state index in [4.69, 9.17) is 18.9 Å². The number of hydrogen-bond acceptors (Lipinski definition) is 8. The summed E-state index contributed by atoms with van der Waals surface area (Å²) in [5.74, 6) is 0.559. The fourth-order valence-corrected chi connectivity index (χ4v) is 4.88. The quantitative estimate of drug-likeness (QED) is 0.214. The lowest BCUT2D eigenvalue weighted by Crippen LogP contribution is -2.38. The van der Waals surface area contributed by atoms with Gasteiger partial charge in [-0.1, -0.05) is 27.7 Å². The second-order valence-electron chi connectivity index (χ2n) is 10.2. The molecule has 9 heteroatoms. The first-order chi connectivity index (χ1) is 19.1. The van der Waals surface area contributed by atoms with Crippen LogP contribution in [-0.2, 0) is 9.59 Å². The summed E-state index contributed by atoms with van der Waals surface area (Å²) in [7, 11) is 4.52. The van der Waals surface area contributed by atoms with Gasteiger partial charge in [0.1, 0.15) is 11.5 Å². The Balaban J connectivity index is 2.18. The van der Waals surface area contributed by atoms with Gasteiger partial charge < -0.3 is 33.9 Å². The molecule has 0 aromatic heterocycles. The third-order valence-corrected chi connectivity index (χ3v) is 7.11. The molecule has 3 rings (SSSR count). The highest BCUT2D eigenvalue weighted by atomic mass is 16.5. The van der Waals surface area contributed by atoms with Gasteiger partial charge in [0.25, 0.3) is 11.7 Å². The summed E-state index contributed by atoms with van der Waals surface area (Å²) in [5, 5.41) is 11.6. The van der Waals surface area contributed by atoms with Crippen LogP contribution < -0.4 is 18.9 Å². The van der Waals surface area contributed by atoms with Crippen molar-refractivity contribution in [3.63, 3.8) is 0 Å². The molecule has 1 aliphatic rings. The number of ether oxygens (including phenoxy) is 4. The van der Waals surface area contributed by atoms with Crippen molar-refractivity contribution in [1.82, 2.24) is 9.80 Å². The number of Topliss-reactive ketones (excluding diaryl/α,β-unsaturated/α-hetero) is 1. The van der Waals surface area contributed by atoms with Crippen molar-refractivity contribution in [2.75, 3.05) is 54.1 Å². The minimum absolute atomic E-state index is 0.00840. The van der Waals surface area contributed by atoms with E-state index in [0.717, 1.165) is 18.7 Å². The first-order valence-electron chi connectivity index (χ1n) is 13.7. The number of likely N-dealkylation sites (tertiary alicyclic amines) is 1. The first-order valence-corrected chi connectivity index (χ1v) is 13.7. The molecular formula is C31H42N2O7. The Bertz CT molecular complexity index is 1230. The molecule has 1 N–H and O–H groups in total. The van der Waals surface area contributed by atoms with E-state index < -0.39 is 17.7 Å². The van der Waals surface area contributed by atoms with Gasteiger partial charge in [-0.25, -0.2) is 0 Å². The van der Waals surface area contributed by atoms with E-state index in [9.17, 15) is 14.7 Å². The van der Waals surface area contributed by atoms with Crippen LogP contribution in [0.2, 0.25) is 0 Å². The van der Waals surface area contributed by atoms with Gasteiger partial charge in [-0.2, -0.15) is 0 Å². The van der Waals surface area contributed by atoms with Crippen molar-refractivity contribution < 1.29 is 33.6 Å². The number of amides is 1. The number of aliphatic hydroxyl groups is 1. The van der Waals surface area contributed by atoms with Crippen LogP contribution in [0, 0.1) is 12.8 Å². The predicted octanol–water partition coefficient (Wildman–Crippen LogP) is 4.82. The van der Waals surface area contributed by atoms with Gasteiger partial charge in [0, 0.05) is 18.7 Å². The zero-order valence-electron chi connectivity index (χ0n) is 24.9. The lowest BCUT2D eigenvalue weighted by molar-refractivity contribution is -0.140. The average molecular weight is 555 g/mol. The largest absolute Gasteiger partial charge is 0.507 e. The number of ketones is 1. The van der Waals surface area contributed by atoms with Crippen molar-refractivity contribution in [2.24, 2.45) is 5.92 Å². The molecule has 1 amide bonds. The van der Waals surface area contributed by atoms with Crippen molar-refractivity contribution >= 4 is 17.4 Å². The van der Waals surface area contributed by atoms with Crippen molar-refractivity contribution in [3.05, 3.63) is 52.6 Å². The molecular weight excluding hydrogens is 512 g/mol. The summed E-state index contributed by atoms with van der Waals surface area (Å²) in [6.07, 6.45) is 0. The standard InChI is InChI=1S/C31H42N2O7/c1-9-32(10-2)13-14-33-27(22-16-24(37-6)30(39-8)25(17-22)38-7)26(29(35)31(33)36)28(34)21-11-12-23(20(5)15-21)40-18-19(3)4/h11-12,15-17,19,27,34H,9-10,13-14,18H2,1-8H3/b28-26+/t27-/m1/s1. The van der Waals surface area contributed by atoms with E-state index in [0.29, 0.717) is 59.7 Å². The van der Waals surface area contributed by atoms with Gasteiger partial charge in [0.05, 0.1) is 39.6 Å². The Kier molecular flexibility index (Phi) is 10.5. The van der Waals surface area contributed by atoms with Crippen LogP contribution in [0.5, 0.6) is 23.0 Å². The Hall–Kier alpha value is -3.72. The van der Waals surface area contributed by atoms with Crippen molar-refractivity contribution in [1.29, 1.82) is 0 Å². The van der Waals surface area contributed by atoms with Gasteiger partial charge in [0.15, 0.2) is 11.5 Å². The summed E-state index contributed by atoms with van der Waals surface area (Å²) in [4.78, 5) is 30.6. The Morgan fingerprint density at radius 2 is 1.60 bits per heavy atom. The highest BCUT2D eigenvalue weighted by Gasteiger charge is 2.46. The number of hydrogen-bond donors (Lipinski definition) is 1. The average Bonchev–Trinajstić information content (AvgIpc) is 3.20. The zero-order chi connectivity index (χ0) is 29.6. The minimum atomic E-state index is -0.860. The van der Waals surface area contributed by atoms with Crippen LogP contribution in [0.15, 0.2) is 35.9 Å². The zero-order valence-corrected chi connectivity index (χ0v) is 24.9. The molecule has 1 fully saturated rings. The molecule has 0 radical (unpaired) electrons. The molecule has 0 unspecified atom stereocenters. The Morgan fingerprint density at radius 3 is 2.10 bits per heavy atom. The van der Waals surface area contributed by atoms with E-state index in [-0.39, 0.29) is 11.3 Å². The van der Waals surface area contributed by atoms with E-state index in [1.165, 1.54) is 26.2 Å². The molecule has 0 aliphatic carbocycles. The third kappa shape index (κ3) is 6.36. The second kappa shape index (κ2) is 13.6. The number of likely N-dealkylation sites (N-methyl/N-ethyl adjacent to an activating group) is 1. The van der Waals surface area contributed by atoms with Crippen molar-refractivity contribution in [2.45, 2.75) is 40.7 Å². The van der Waals surface area contributed by atoms with Gasteiger partial charge in [-0.3, -0.25) is 9.59 Å². The fraction of sp³-hybridized carbons (Fsp3) is 0.484. The second-order valence-corrected chi connectivity index (χ2v) is 10.2. The maximum atomic E-state index is 13.5. The first kappa shape index (κ1) is 30.8. The number of carbonyl (C=O) groups is 2. The molecule has 0 bridgehead atoms. The molecule has 2 aromatic rings. The van der Waals surface area contributed by atoms with E-state index in [1.807, 2.05) is 20.8 Å². The molecule has 218 valence electrons. The number of methoxy groups -OCH3 is 3. The van der Waals surface area contributed by atoms with Crippen LogP contribution in [-0.4, -0.2) is 80.7 Å². The molecule has 1 saturated heterocycles. The number of aliphatic hydroxyl groups excluding tert-OH is 1. The number of rotatable bonds is 13. The van der Waals surface area contributed by atoms with E-state index in [1.54, 1.807) is 30.3 Å². The molecule has 9 nitrogen and oxygen atoms in total. The molecule has 0 saturated carbocycles. The van der Waals surface area contributed by atoms with Crippen LogP contribution in [0.4, 0.5) is 0 Å². The SMILES string of the molecule is CCN(CC)CCN1C(=O)C(=O)/C(=C(/O)c2ccc(OCC(C)C)c(C)c2)[C@H]1c1cc(OC)c(OC)c(OC)c1. The summed E-state index contributed by atoms with van der Waals surface area (Å²) in [5.41, 5.74) is 1.80. The summed E-state index contributed by atoms with van der Waals surface area (Å²) >= 11 is 0. The minimum Gasteiger partial charge on any atom is -0.507 e. The predicted molar refractivity (Wildman–Crippen MR) is 154 cm³/mol. The number of aryl methyl sites for hydroxylation is 1. The molecule has 1 aliphatic heterocycles. The van der Waals surface area contributed by atoms with Gasteiger partial charge >= 0.3 is 0 Å². The maximum absolute atomic E-state index is 13.5. The summed E-state index contributed by atoms with van der Waals surface area (Å²) in [6.45, 7) is 13.1. The smallest absolute Gasteiger partial charge is 0.295 e. The lowest BCUT2D eigenvalue weighted by Gasteiger charge is -2.29. The topological polar surface area (TPSA) is 97.8 Å². The third-order valence-electron chi connectivity index (χ3n) is 7.11. The van der Waals surface area contributed by atoms with Crippen molar-refractivity contribution in [3.8, 4) is 23.0 Å². The van der Waals surface area contributed by atoms with E-state index in [2.05, 4.69) is 18.7 Å². The van der Waals surface area contributed by atoms with Crippen LogP contribution in [0.25, 0.3) is 5.76 Å². The molecule has 1 atom stereocenters. The summed E-state index contributed by atoms with van der Waals surface area (Å²) in [6, 6.07) is 7.81. The fourth-order valence-electron chi connectivity index (χ4n) is 4.88. The molecule has 0 spiro atoms. The van der Waals surface area contributed by atoms with Gasteiger partial charge in [-0.05, 0) is 67.4 Å².